The molecule has 0 atom stereocenters. The van der Waals surface area contributed by atoms with Gasteiger partial charge in [-0.05, 0) is 6.42 Å². The maximum atomic E-state index is 4.43. The molecular weight excluding hydrogens is 246 g/mol. The van der Waals surface area contributed by atoms with E-state index in [0.29, 0.717) is 0 Å². The van der Waals surface area contributed by atoms with Crippen LogP contribution in [0.4, 0.5) is 11.6 Å². The summed E-state index contributed by atoms with van der Waals surface area (Å²) in [5.74, 6) is 1.61. The van der Waals surface area contributed by atoms with Crippen LogP contribution in [0.1, 0.15) is 18.4 Å². The molecule has 0 aromatic carbocycles. The number of nitrogens with one attached hydrogen (secondary N) is 2. The van der Waals surface area contributed by atoms with E-state index in [2.05, 4.69) is 32.5 Å². The molecule has 96 valence electrons. The average Bonchev–Trinajstić information content (AvgIpc) is 2.90. The van der Waals surface area contributed by atoms with Gasteiger partial charge in [0.1, 0.15) is 11.6 Å². The first-order valence-corrected chi connectivity index (χ1v) is 6.94. The fraction of sp³-hybridized carbons (Fsp3) is 0.417. The summed E-state index contributed by atoms with van der Waals surface area (Å²) in [4.78, 5) is 12.8. The van der Waals surface area contributed by atoms with E-state index in [4.69, 9.17) is 0 Å². The first-order valence-electron chi connectivity index (χ1n) is 6.06. The van der Waals surface area contributed by atoms with Crippen molar-refractivity contribution in [3.63, 3.8) is 0 Å². The van der Waals surface area contributed by atoms with Crippen molar-refractivity contribution in [1.29, 1.82) is 0 Å². The lowest BCUT2D eigenvalue weighted by atomic mass is 10.4. The number of rotatable bonds is 7. The number of hydrogen-bond donors (Lipinski definition) is 2. The van der Waals surface area contributed by atoms with Crippen LogP contribution in [0.2, 0.25) is 0 Å². The van der Waals surface area contributed by atoms with Gasteiger partial charge in [-0.25, -0.2) is 9.97 Å². The topological polar surface area (TPSA) is 62.7 Å². The largest absolute Gasteiger partial charge is 0.369 e. The minimum absolute atomic E-state index is 0.799. The normalized spacial score (nSPS) is 10.3. The van der Waals surface area contributed by atoms with E-state index >= 15 is 0 Å². The molecule has 0 saturated heterocycles. The summed E-state index contributed by atoms with van der Waals surface area (Å²) in [6.45, 7) is 3.85. The molecule has 2 N–H and O–H groups in total. The van der Waals surface area contributed by atoms with E-state index in [1.165, 1.54) is 0 Å². The van der Waals surface area contributed by atoms with Gasteiger partial charge >= 0.3 is 0 Å². The van der Waals surface area contributed by atoms with E-state index in [1.54, 1.807) is 23.7 Å². The van der Waals surface area contributed by atoms with Crippen LogP contribution in [-0.4, -0.2) is 28.0 Å². The number of anilines is 2. The molecule has 5 nitrogen and oxygen atoms in total. The molecule has 0 spiro atoms. The lowest BCUT2D eigenvalue weighted by Gasteiger charge is -2.07. The Kier molecular flexibility index (Phi) is 4.89. The minimum atomic E-state index is 0.799. The molecule has 6 heteroatoms. The molecule has 0 fully saturated rings. The molecule has 0 aliphatic carbocycles. The van der Waals surface area contributed by atoms with Crippen LogP contribution in [-0.2, 0) is 6.42 Å². The van der Waals surface area contributed by atoms with Crippen LogP contribution >= 0.6 is 11.3 Å². The Morgan fingerprint density at radius 2 is 1.94 bits per heavy atom. The van der Waals surface area contributed by atoms with Crippen molar-refractivity contribution < 1.29 is 0 Å². The van der Waals surface area contributed by atoms with Gasteiger partial charge in [0, 0.05) is 31.1 Å². The van der Waals surface area contributed by atoms with Gasteiger partial charge in [-0.15, -0.1) is 11.3 Å². The lowest BCUT2D eigenvalue weighted by Crippen LogP contribution is -2.08. The van der Waals surface area contributed by atoms with Crippen molar-refractivity contribution in [3.8, 4) is 0 Å². The SMILES string of the molecule is CCCNc1cncc(NCCc2nccs2)n1. The highest BCUT2D eigenvalue weighted by Gasteiger charge is 1.99. The molecule has 0 aliphatic rings. The zero-order valence-electron chi connectivity index (χ0n) is 10.4. The van der Waals surface area contributed by atoms with Crippen molar-refractivity contribution in [2.75, 3.05) is 23.7 Å². The summed E-state index contributed by atoms with van der Waals surface area (Å²) >= 11 is 1.67. The third kappa shape index (κ3) is 3.96. The molecule has 0 saturated carbocycles. The summed E-state index contributed by atoms with van der Waals surface area (Å²) in [5.41, 5.74) is 0. The highest BCUT2D eigenvalue weighted by atomic mass is 32.1. The second-order valence-corrected chi connectivity index (χ2v) is 4.80. The predicted octanol–water partition coefficient (Wildman–Crippen LogP) is 2.41. The van der Waals surface area contributed by atoms with Gasteiger partial charge in [-0.1, -0.05) is 6.92 Å². The maximum Gasteiger partial charge on any atom is 0.146 e. The Labute approximate surface area is 111 Å². The third-order valence-electron chi connectivity index (χ3n) is 2.32. The van der Waals surface area contributed by atoms with E-state index in [9.17, 15) is 0 Å². The number of thiazole rings is 1. The first kappa shape index (κ1) is 12.8. The van der Waals surface area contributed by atoms with Gasteiger partial charge in [-0.3, -0.25) is 4.98 Å². The molecule has 2 heterocycles. The molecule has 0 bridgehead atoms. The molecule has 18 heavy (non-hydrogen) atoms. The number of nitrogens with zero attached hydrogens (tertiary/aromatic N) is 3. The highest BCUT2D eigenvalue weighted by Crippen LogP contribution is 2.08. The van der Waals surface area contributed by atoms with E-state index in [0.717, 1.165) is 42.6 Å². The Morgan fingerprint density at radius 3 is 2.61 bits per heavy atom. The average molecular weight is 263 g/mol. The zero-order chi connectivity index (χ0) is 12.6. The van der Waals surface area contributed by atoms with Crippen molar-refractivity contribution in [3.05, 3.63) is 29.0 Å². The van der Waals surface area contributed by atoms with Gasteiger partial charge in [0.15, 0.2) is 0 Å². The smallest absolute Gasteiger partial charge is 0.146 e. The second-order valence-electron chi connectivity index (χ2n) is 3.82. The van der Waals surface area contributed by atoms with Crippen LogP contribution in [0.25, 0.3) is 0 Å². The summed E-state index contributed by atoms with van der Waals surface area (Å²) in [5, 5.41) is 9.59. The molecule has 0 radical (unpaired) electrons. The van der Waals surface area contributed by atoms with Crippen LogP contribution in [0, 0.1) is 0 Å². The molecule has 0 unspecified atom stereocenters. The van der Waals surface area contributed by atoms with E-state index < -0.39 is 0 Å². The number of hydrogen-bond acceptors (Lipinski definition) is 6. The molecule has 0 aliphatic heterocycles. The fourth-order valence-corrected chi connectivity index (χ4v) is 2.08. The molecular formula is C12H17N5S. The third-order valence-corrected chi connectivity index (χ3v) is 3.16. The van der Waals surface area contributed by atoms with E-state index in [-0.39, 0.29) is 0 Å². The summed E-state index contributed by atoms with van der Waals surface area (Å²) in [6, 6.07) is 0. The van der Waals surface area contributed by atoms with Crippen LogP contribution < -0.4 is 10.6 Å². The minimum Gasteiger partial charge on any atom is -0.369 e. The summed E-state index contributed by atoms with van der Waals surface area (Å²) in [6.07, 6.45) is 7.28. The van der Waals surface area contributed by atoms with E-state index in [1.807, 2.05) is 11.6 Å². The Hall–Kier alpha value is -1.69. The molecule has 0 amide bonds. The van der Waals surface area contributed by atoms with Crippen LogP contribution in [0.3, 0.4) is 0 Å². The number of aromatic nitrogens is 3. The Morgan fingerprint density at radius 1 is 1.17 bits per heavy atom. The van der Waals surface area contributed by atoms with Gasteiger partial charge in [-0.2, -0.15) is 0 Å². The first-order chi connectivity index (χ1) is 8.88. The van der Waals surface area contributed by atoms with Gasteiger partial charge in [0.25, 0.3) is 0 Å². The monoisotopic (exact) mass is 263 g/mol. The molecule has 2 aromatic rings. The van der Waals surface area contributed by atoms with Crippen LogP contribution in [0.5, 0.6) is 0 Å². The molecule has 2 aromatic heterocycles. The second kappa shape index (κ2) is 6.90. The van der Waals surface area contributed by atoms with Gasteiger partial charge < -0.3 is 10.6 Å². The summed E-state index contributed by atoms with van der Waals surface area (Å²) < 4.78 is 0. The van der Waals surface area contributed by atoms with Crippen molar-refractivity contribution in [2.45, 2.75) is 19.8 Å². The maximum absolute atomic E-state index is 4.43. The summed E-state index contributed by atoms with van der Waals surface area (Å²) in [7, 11) is 0. The molecule has 2 rings (SSSR count). The lowest BCUT2D eigenvalue weighted by molar-refractivity contribution is 0.955. The fourth-order valence-electron chi connectivity index (χ4n) is 1.46. The Balaban J connectivity index is 1.81. The Bertz CT molecular complexity index is 457. The van der Waals surface area contributed by atoms with Crippen molar-refractivity contribution in [1.82, 2.24) is 15.0 Å². The standard InChI is InChI=1S/C12H17N5S/c1-2-4-14-10-8-13-9-11(17-10)15-5-3-12-16-6-7-18-12/h6-9H,2-5H2,1H3,(H2,14,15,17). The van der Waals surface area contributed by atoms with Crippen molar-refractivity contribution >= 4 is 23.0 Å². The highest BCUT2D eigenvalue weighted by molar-refractivity contribution is 7.09. The predicted molar refractivity (Wildman–Crippen MR) is 75.1 cm³/mol. The zero-order valence-corrected chi connectivity index (χ0v) is 11.2. The van der Waals surface area contributed by atoms with Crippen LogP contribution in [0.15, 0.2) is 24.0 Å². The van der Waals surface area contributed by atoms with Crippen molar-refractivity contribution in [2.24, 2.45) is 0 Å². The quantitative estimate of drug-likeness (QED) is 0.803. The van der Waals surface area contributed by atoms with Gasteiger partial charge in [0.2, 0.25) is 0 Å². The van der Waals surface area contributed by atoms with Gasteiger partial charge in [0.05, 0.1) is 17.4 Å².